The summed E-state index contributed by atoms with van der Waals surface area (Å²) in [6, 6.07) is 0. The first-order valence-corrected chi connectivity index (χ1v) is 5.29. The van der Waals surface area contributed by atoms with Gasteiger partial charge in [-0.2, -0.15) is 0 Å². The molecule has 0 unspecified atom stereocenters. The van der Waals surface area contributed by atoms with E-state index >= 15 is 0 Å². The minimum absolute atomic E-state index is 0.408. The molecule has 76 valence electrons. The highest BCUT2D eigenvalue weighted by atomic mass is 16.6. The molecule has 0 radical (unpaired) electrons. The summed E-state index contributed by atoms with van der Waals surface area (Å²) in [6.45, 7) is 8.59. The summed E-state index contributed by atoms with van der Waals surface area (Å²) in [5, 5.41) is 0. The van der Waals surface area contributed by atoms with Crippen LogP contribution in [0.15, 0.2) is 0 Å². The minimum Gasteiger partial charge on any atom is -0.376 e. The summed E-state index contributed by atoms with van der Waals surface area (Å²) in [4.78, 5) is 0. The average Bonchev–Trinajstić information content (AvgIpc) is 1.76. The quantitative estimate of drug-likeness (QED) is 0.655. The van der Waals surface area contributed by atoms with Gasteiger partial charge in [0.15, 0.2) is 0 Å². The van der Waals surface area contributed by atoms with Crippen LogP contribution >= 0.6 is 0 Å². The van der Waals surface area contributed by atoms with Gasteiger partial charge >= 0.3 is 0 Å². The summed E-state index contributed by atoms with van der Waals surface area (Å²) in [7, 11) is 0. The van der Waals surface area contributed by atoms with Gasteiger partial charge in [-0.25, -0.2) is 0 Å². The molecule has 1 heterocycles. The maximum Gasteiger partial charge on any atom is 0.104 e. The van der Waals surface area contributed by atoms with Crippen LogP contribution < -0.4 is 0 Å². The molecule has 2 heteroatoms. The zero-order chi connectivity index (χ0) is 9.47. The molecule has 1 saturated carbocycles. The van der Waals surface area contributed by atoms with Crippen molar-refractivity contribution in [1.29, 1.82) is 0 Å². The van der Waals surface area contributed by atoms with Crippen LogP contribution in [0.4, 0.5) is 0 Å². The van der Waals surface area contributed by atoms with E-state index in [1.54, 1.807) is 0 Å². The molecule has 1 saturated heterocycles. The van der Waals surface area contributed by atoms with Crippen molar-refractivity contribution >= 4 is 0 Å². The second kappa shape index (κ2) is 3.25. The number of rotatable bonds is 2. The van der Waals surface area contributed by atoms with Crippen LogP contribution in [0.5, 0.6) is 0 Å². The maximum atomic E-state index is 5.82. The van der Waals surface area contributed by atoms with Crippen LogP contribution in [0.3, 0.4) is 0 Å². The van der Waals surface area contributed by atoms with Crippen LogP contribution in [0.25, 0.3) is 0 Å². The van der Waals surface area contributed by atoms with Crippen LogP contribution in [0.2, 0.25) is 0 Å². The Balaban J connectivity index is 1.66. The van der Waals surface area contributed by atoms with Gasteiger partial charge in [-0.1, -0.05) is 20.8 Å². The van der Waals surface area contributed by atoms with Gasteiger partial charge in [-0.3, -0.25) is 0 Å². The van der Waals surface area contributed by atoms with E-state index in [2.05, 4.69) is 20.8 Å². The molecule has 0 amide bonds. The molecule has 2 aliphatic rings. The Morgan fingerprint density at radius 1 is 1.08 bits per heavy atom. The highest BCUT2D eigenvalue weighted by Gasteiger charge is 2.39. The molecule has 1 aliphatic carbocycles. The van der Waals surface area contributed by atoms with Crippen molar-refractivity contribution in [2.45, 2.75) is 45.8 Å². The SMILES string of the molecule is CC(C)(C)C1CC(OC2COC2)C1. The van der Waals surface area contributed by atoms with E-state index in [1.165, 1.54) is 12.8 Å². The zero-order valence-corrected chi connectivity index (χ0v) is 8.88. The van der Waals surface area contributed by atoms with E-state index in [9.17, 15) is 0 Å². The summed E-state index contributed by atoms with van der Waals surface area (Å²) in [5.41, 5.74) is 0.468. The lowest BCUT2D eigenvalue weighted by atomic mass is 9.67. The van der Waals surface area contributed by atoms with E-state index in [-0.39, 0.29) is 0 Å². The molecule has 2 rings (SSSR count). The molecular formula is C11H20O2. The van der Waals surface area contributed by atoms with E-state index in [4.69, 9.17) is 9.47 Å². The Kier molecular flexibility index (Phi) is 2.37. The fourth-order valence-corrected chi connectivity index (χ4v) is 1.95. The molecule has 2 nitrogen and oxygen atoms in total. The first-order chi connectivity index (χ1) is 6.05. The zero-order valence-electron chi connectivity index (χ0n) is 8.88. The van der Waals surface area contributed by atoms with Crippen molar-refractivity contribution in [3.05, 3.63) is 0 Å². The fraction of sp³-hybridized carbons (Fsp3) is 1.00. The summed E-state index contributed by atoms with van der Waals surface area (Å²) >= 11 is 0. The molecule has 0 N–H and O–H groups in total. The normalized spacial score (nSPS) is 35.3. The Morgan fingerprint density at radius 2 is 1.69 bits per heavy atom. The second-order valence-corrected chi connectivity index (χ2v) is 5.45. The third kappa shape index (κ3) is 2.05. The third-order valence-corrected chi connectivity index (χ3v) is 3.31. The van der Waals surface area contributed by atoms with Crippen molar-refractivity contribution in [2.24, 2.45) is 11.3 Å². The molecule has 0 spiro atoms. The second-order valence-electron chi connectivity index (χ2n) is 5.45. The molecule has 2 fully saturated rings. The van der Waals surface area contributed by atoms with E-state index < -0.39 is 0 Å². The molecule has 0 aromatic carbocycles. The van der Waals surface area contributed by atoms with Crippen molar-refractivity contribution in [2.75, 3.05) is 13.2 Å². The van der Waals surface area contributed by atoms with Crippen molar-refractivity contribution < 1.29 is 9.47 Å². The Bertz CT molecular complexity index is 173. The van der Waals surface area contributed by atoms with E-state index in [0.717, 1.165) is 19.1 Å². The maximum absolute atomic E-state index is 5.82. The molecule has 0 aromatic heterocycles. The lowest BCUT2D eigenvalue weighted by Crippen LogP contribution is -2.45. The van der Waals surface area contributed by atoms with Gasteiger partial charge < -0.3 is 9.47 Å². The predicted molar refractivity (Wildman–Crippen MR) is 51.7 cm³/mol. The van der Waals surface area contributed by atoms with Gasteiger partial charge in [0.1, 0.15) is 6.10 Å². The van der Waals surface area contributed by atoms with Crippen molar-refractivity contribution in [3.63, 3.8) is 0 Å². The van der Waals surface area contributed by atoms with Gasteiger partial charge in [0.05, 0.1) is 19.3 Å². The molecule has 0 atom stereocenters. The Hall–Kier alpha value is -0.0800. The van der Waals surface area contributed by atoms with Gasteiger partial charge in [-0.05, 0) is 24.2 Å². The van der Waals surface area contributed by atoms with Gasteiger partial charge in [-0.15, -0.1) is 0 Å². The first-order valence-electron chi connectivity index (χ1n) is 5.29. The number of ether oxygens (including phenoxy) is 2. The first kappa shape index (κ1) is 9.47. The van der Waals surface area contributed by atoms with Gasteiger partial charge in [0.2, 0.25) is 0 Å². The predicted octanol–water partition coefficient (Wildman–Crippen LogP) is 2.23. The van der Waals surface area contributed by atoms with E-state index in [1.807, 2.05) is 0 Å². The minimum atomic E-state index is 0.408. The van der Waals surface area contributed by atoms with Crippen molar-refractivity contribution in [1.82, 2.24) is 0 Å². The molecular weight excluding hydrogens is 164 g/mol. The topological polar surface area (TPSA) is 18.5 Å². The van der Waals surface area contributed by atoms with Crippen LogP contribution in [-0.2, 0) is 9.47 Å². The lowest BCUT2D eigenvalue weighted by Gasteiger charge is -2.45. The summed E-state index contributed by atoms with van der Waals surface area (Å²) in [6.07, 6.45) is 3.43. The lowest BCUT2D eigenvalue weighted by molar-refractivity contribution is -0.185. The highest BCUT2D eigenvalue weighted by Crippen LogP contribution is 2.43. The van der Waals surface area contributed by atoms with E-state index in [0.29, 0.717) is 17.6 Å². The van der Waals surface area contributed by atoms with Gasteiger partial charge in [0.25, 0.3) is 0 Å². The summed E-state index contributed by atoms with van der Waals surface area (Å²) < 4.78 is 10.9. The Labute approximate surface area is 80.6 Å². The van der Waals surface area contributed by atoms with Crippen LogP contribution in [-0.4, -0.2) is 25.4 Å². The monoisotopic (exact) mass is 184 g/mol. The number of hydrogen-bond donors (Lipinski definition) is 0. The van der Waals surface area contributed by atoms with Crippen molar-refractivity contribution in [3.8, 4) is 0 Å². The van der Waals surface area contributed by atoms with Crippen LogP contribution in [0.1, 0.15) is 33.6 Å². The average molecular weight is 184 g/mol. The molecule has 0 aromatic rings. The Morgan fingerprint density at radius 3 is 2.08 bits per heavy atom. The highest BCUT2D eigenvalue weighted by molar-refractivity contribution is 4.89. The standard InChI is InChI=1S/C11H20O2/c1-11(2,3)8-4-9(5-8)13-10-6-12-7-10/h8-10H,4-7H2,1-3H3. The molecule has 13 heavy (non-hydrogen) atoms. The molecule has 0 bridgehead atoms. The largest absolute Gasteiger partial charge is 0.376 e. The fourth-order valence-electron chi connectivity index (χ4n) is 1.95. The van der Waals surface area contributed by atoms with Gasteiger partial charge in [0, 0.05) is 0 Å². The number of hydrogen-bond acceptors (Lipinski definition) is 2. The third-order valence-electron chi connectivity index (χ3n) is 3.31. The smallest absolute Gasteiger partial charge is 0.104 e. The molecule has 1 aliphatic heterocycles. The van der Waals surface area contributed by atoms with Crippen LogP contribution in [0, 0.1) is 11.3 Å². The summed E-state index contributed by atoms with van der Waals surface area (Å²) in [5.74, 6) is 0.860.